The van der Waals surface area contributed by atoms with Crippen molar-refractivity contribution in [2.45, 2.75) is 0 Å². The standard InChI is InChI=1S/C8H6BrFN2/c1-12-7-3-2-6(9)8(10)5(7)4-11-12/h2-4H,1H3. The molecule has 2 rings (SSSR count). The summed E-state index contributed by atoms with van der Waals surface area (Å²) in [5, 5.41) is 4.50. The lowest BCUT2D eigenvalue weighted by molar-refractivity contribution is 0.633. The van der Waals surface area contributed by atoms with Crippen molar-refractivity contribution in [3.8, 4) is 0 Å². The molecule has 4 heteroatoms. The molecular formula is C8H6BrFN2. The molecule has 2 nitrogen and oxygen atoms in total. The van der Waals surface area contributed by atoms with Gasteiger partial charge in [-0.2, -0.15) is 5.10 Å². The van der Waals surface area contributed by atoms with Gasteiger partial charge in [0.05, 0.1) is 21.6 Å². The Kier molecular flexibility index (Phi) is 1.65. The molecule has 0 N–H and O–H groups in total. The molecule has 0 aliphatic heterocycles. The highest BCUT2D eigenvalue weighted by atomic mass is 79.9. The molecule has 0 amide bonds. The predicted octanol–water partition coefficient (Wildman–Crippen LogP) is 2.47. The van der Waals surface area contributed by atoms with Gasteiger partial charge < -0.3 is 0 Å². The van der Waals surface area contributed by atoms with Crippen LogP contribution in [-0.2, 0) is 7.05 Å². The summed E-state index contributed by atoms with van der Waals surface area (Å²) in [5.74, 6) is -0.249. The number of hydrogen-bond acceptors (Lipinski definition) is 1. The van der Waals surface area contributed by atoms with E-state index >= 15 is 0 Å². The molecule has 0 bridgehead atoms. The van der Waals surface area contributed by atoms with E-state index in [9.17, 15) is 4.39 Å². The molecule has 2 aromatic rings. The number of aryl methyl sites for hydroxylation is 1. The van der Waals surface area contributed by atoms with Crippen LogP contribution in [0.5, 0.6) is 0 Å². The van der Waals surface area contributed by atoms with Crippen LogP contribution in [0.15, 0.2) is 22.8 Å². The SMILES string of the molecule is Cn1ncc2c(F)c(Br)ccc21. The molecule has 0 fully saturated rings. The Morgan fingerprint density at radius 3 is 3.00 bits per heavy atom. The van der Waals surface area contributed by atoms with Gasteiger partial charge in [-0.3, -0.25) is 4.68 Å². The minimum absolute atomic E-state index is 0.249. The zero-order chi connectivity index (χ0) is 8.72. The van der Waals surface area contributed by atoms with Gasteiger partial charge in [0.15, 0.2) is 0 Å². The number of rotatable bonds is 0. The van der Waals surface area contributed by atoms with Crippen LogP contribution in [-0.4, -0.2) is 9.78 Å². The van der Waals surface area contributed by atoms with Gasteiger partial charge in [0.2, 0.25) is 0 Å². The predicted molar refractivity (Wildman–Crippen MR) is 48.4 cm³/mol. The molecule has 1 aromatic heterocycles. The molecule has 0 aliphatic rings. The lowest BCUT2D eigenvalue weighted by Crippen LogP contribution is -1.88. The van der Waals surface area contributed by atoms with Gasteiger partial charge >= 0.3 is 0 Å². The van der Waals surface area contributed by atoms with Gasteiger partial charge in [-0.15, -0.1) is 0 Å². The van der Waals surface area contributed by atoms with E-state index in [1.54, 1.807) is 17.8 Å². The number of hydrogen-bond donors (Lipinski definition) is 0. The molecule has 1 heterocycles. The van der Waals surface area contributed by atoms with Crippen LogP contribution < -0.4 is 0 Å². The first-order chi connectivity index (χ1) is 5.70. The Hall–Kier alpha value is -0.900. The van der Waals surface area contributed by atoms with E-state index in [0.717, 1.165) is 5.52 Å². The lowest BCUT2D eigenvalue weighted by atomic mass is 10.2. The third kappa shape index (κ3) is 0.948. The van der Waals surface area contributed by atoms with Crippen molar-refractivity contribution >= 4 is 26.8 Å². The van der Waals surface area contributed by atoms with Crippen LogP contribution in [0.2, 0.25) is 0 Å². The zero-order valence-corrected chi connectivity index (χ0v) is 7.97. The van der Waals surface area contributed by atoms with Crippen LogP contribution in [0, 0.1) is 5.82 Å². The van der Waals surface area contributed by atoms with Crippen molar-refractivity contribution < 1.29 is 4.39 Å². The molecule has 0 unspecified atom stereocenters. The minimum Gasteiger partial charge on any atom is -0.268 e. The fraction of sp³-hybridized carbons (Fsp3) is 0.125. The van der Waals surface area contributed by atoms with Gasteiger partial charge in [0.1, 0.15) is 5.82 Å². The smallest absolute Gasteiger partial charge is 0.148 e. The van der Waals surface area contributed by atoms with Crippen LogP contribution in [0.3, 0.4) is 0 Å². The summed E-state index contributed by atoms with van der Waals surface area (Å²) in [5.41, 5.74) is 0.802. The molecule has 0 radical (unpaired) electrons. The van der Waals surface area contributed by atoms with Gasteiger partial charge in [0, 0.05) is 7.05 Å². The summed E-state index contributed by atoms with van der Waals surface area (Å²) in [4.78, 5) is 0. The maximum absolute atomic E-state index is 13.3. The summed E-state index contributed by atoms with van der Waals surface area (Å²) in [6.45, 7) is 0. The average molecular weight is 229 g/mol. The van der Waals surface area contributed by atoms with E-state index in [2.05, 4.69) is 21.0 Å². The van der Waals surface area contributed by atoms with Gasteiger partial charge in [-0.25, -0.2) is 4.39 Å². The van der Waals surface area contributed by atoms with E-state index in [1.165, 1.54) is 6.20 Å². The Bertz CT molecular complexity index is 436. The number of fused-ring (bicyclic) bond motifs is 1. The Morgan fingerprint density at radius 2 is 2.25 bits per heavy atom. The van der Waals surface area contributed by atoms with Crippen molar-refractivity contribution in [3.63, 3.8) is 0 Å². The Morgan fingerprint density at radius 1 is 1.50 bits per heavy atom. The summed E-state index contributed by atoms with van der Waals surface area (Å²) in [6.07, 6.45) is 1.52. The van der Waals surface area contributed by atoms with Crippen molar-refractivity contribution in [2.24, 2.45) is 7.05 Å². The fourth-order valence-corrected chi connectivity index (χ4v) is 1.51. The van der Waals surface area contributed by atoms with Crippen molar-refractivity contribution in [1.29, 1.82) is 0 Å². The highest BCUT2D eigenvalue weighted by molar-refractivity contribution is 9.10. The molecule has 0 atom stereocenters. The van der Waals surface area contributed by atoms with E-state index in [1.807, 2.05) is 6.07 Å². The Balaban J connectivity index is 2.93. The maximum atomic E-state index is 13.3. The topological polar surface area (TPSA) is 17.8 Å². The molecule has 0 saturated carbocycles. The second-order valence-electron chi connectivity index (χ2n) is 2.56. The van der Waals surface area contributed by atoms with E-state index < -0.39 is 0 Å². The molecule has 1 aromatic carbocycles. The fourth-order valence-electron chi connectivity index (χ4n) is 1.17. The number of benzene rings is 1. The molecular weight excluding hydrogens is 223 g/mol. The Labute approximate surface area is 77.1 Å². The van der Waals surface area contributed by atoms with Crippen LogP contribution in [0.25, 0.3) is 10.9 Å². The van der Waals surface area contributed by atoms with Crippen LogP contribution in [0.1, 0.15) is 0 Å². The summed E-state index contributed by atoms with van der Waals surface area (Å²) < 4.78 is 15.4. The van der Waals surface area contributed by atoms with Crippen LogP contribution in [0.4, 0.5) is 4.39 Å². The maximum Gasteiger partial charge on any atom is 0.148 e. The normalized spacial score (nSPS) is 10.9. The van der Waals surface area contributed by atoms with Crippen molar-refractivity contribution in [3.05, 3.63) is 28.6 Å². The first-order valence-corrected chi connectivity index (χ1v) is 4.25. The molecule has 0 aliphatic carbocycles. The van der Waals surface area contributed by atoms with Gasteiger partial charge in [-0.1, -0.05) is 0 Å². The van der Waals surface area contributed by atoms with E-state index in [4.69, 9.17) is 0 Å². The number of nitrogens with zero attached hydrogens (tertiary/aromatic N) is 2. The second kappa shape index (κ2) is 2.55. The van der Waals surface area contributed by atoms with E-state index in [-0.39, 0.29) is 5.82 Å². The largest absolute Gasteiger partial charge is 0.268 e. The summed E-state index contributed by atoms with van der Waals surface area (Å²) in [7, 11) is 1.79. The summed E-state index contributed by atoms with van der Waals surface area (Å²) >= 11 is 3.11. The third-order valence-corrected chi connectivity index (χ3v) is 2.43. The third-order valence-electron chi connectivity index (χ3n) is 1.82. The lowest BCUT2D eigenvalue weighted by Gasteiger charge is -1.96. The molecule has 12 heavy (non-hydrogen) atoms. The quantitative estimate of drug-likeness (QED) is 0.678. The minimum atomic E-state index is -0.249. The highest BCUT2D eigenvalue weighted by Gasteiger charge is 2.07. The molecule has 0 spiro atoms. The van der Waals surface area contributed by atoms with E-state index in [0.29, 0.717) is 9.86 Å². The number of aromatic nitrogens is 2. The van der Waals surface area contributed by atoms with Gasteiger partial charge in [-0.05, 0) is 28.1 Å². The number of halogens is 2. The van der Waals surface area contributed by atoms with Crippen LogP contribution >= 0.6 is 15.9 Å². The van der Waals surface area contributed by atoms with Crippen molar-refractivity contribution in [2.75, 3.05) is 0 Å². The zero-order valence-electron chi connectivity index (χ0n) is 6.38. The highest BCUT2D eigenvalue weighted by Crippen LogP contribution is 2.23. The van der Waals surface area contributed by atoms with Crippen molar-refractivity contribution in [1.82, 2.24) is 9.78 Å². The average Bonchev–Trinajstić information content (AvgIpc) is 2.41. The second-order valence-corrected chi connectivity index (χ2v) is 3.42. The molecule has 0 saturated heterocycles. The first-order valence-electron chi connectivity index (χ1n) is 3.46. The van der Waals surface area contributed by atoms with Gasteiger partial charge in [0.25, 0.3) is 0 Å². The molecule has 62 valence electrons. The first kappa shape index (κ1) is 7.73. The summed E-state index contributed by atoms with van der Waals surface area (Å²) in [6, 6.07) is 3.51. The monoisotopic (exact) mass is 228 g/mol.